The normalized spacial score (nSPS) is 9.73. The van der Waals surface area contributed by atoms with Crippen LogP contribution in [0, 0.1) is 5.92 Å². The SMILES string of the molecule is C=CCCCOC(=O)C(C)C. The van der Waals surface area contributed by atoms with E-state index in [0.717, 1.165) is 12.8 Å². The molecule has 0 radical (unpaired) electrons. The maximum absolute atomic E-state index is 10.9. The first-order valence-corrected chi connectivity index (χ1v) is 3.96. The van der Waals surface area contributed by atoms with E-state index in [0.29, 0.717) is 6.61 Å². The van der Waals surface area contributed by atoms with Gasteiger partial charge in [0.05, 0.1) is 12.5 Å². The van der Waals surface area contributed by atoms with Crippen LogP contribution in [-0.4, -0.2) is 12.6 Å². The Balaban J connectivity index is 3.24. The van der Waals surface area contributed by atoms with Crippen LogP contribution in [0.25, 0.3) is 0 Å². The minimum absolute atomic E-state index is 0.0151. The zero-order valence-electron chi connectivity index (χ0n) is 7.30. The summed E-state index contributed by atoms with van der Waals surface area (Å²) in [5.41, 5.74) is 0. The number of carbonyl (C=O) groups is 1. The first-order chi connectivity index (χ1) is 5.18. The molecular weight excluding hydrogens is 140 g/mol. The Morgan fingerprint density at radius 2 is 2.27 bits per heavy atom. The van der Waals surface area contributed by atoms with Crippen molar-refractivity contribution in [1.29, 1.82) is 0 Å². The molecule has 0 fully saturated rings. The molecule has 0 spiro atoms. The van der Waals surface area contributed by atoms with Crippen LogP contribution >= 0.6 is 0 Å². The van der Waals surface area contributed by atoms with E-state index in [9.17, 15) is 4.79 Å². The number of ether oxygens (including phenoxy) is 1. The van der Waals surface area contributed by atoms with E-state index in [1.54, 1.807) is 0 Å². The summed E-state index contributed by atoms with van der Waals surface area (Å²) < 4.78 is 4.92. The van der Waals surface area contributed by atoms with Crippen LogP contribution in [0.15, 0.2) is 12.7 Å². The molecular formula is C9H16O2. The van der Waals surface area contributed by atoms with Crippen molar-refractivity contribution in [3.8, 4) is 0 Å². The van der Waals surface area contributed by atoms with Crippen molar-refractivity contribution in [1.82, 2.24) is 0 Å². The number of hydrogen-bond donors (Lipinski definition) is 0. The predicted octanol–water partition coefficient (Wildman–Crippen LogP) is 2.15. The van der Waals surface area contributed by atoms with E-state index in [4.69, 9.17) is 4.74 Å². The first-order valence-electron chi connectivity index (χ1n) is 3.96. The predicted molar refractivity (Wildman–Crippen MR) is 45.2 cm³/mol. The lowest BCUT2D eigenvalue weighted by Crippen LogP contribution is -2.12. The maximum atomic E-state index is 10.9. The largest absolute Gasteiger partial charge is 0.465 e. The third kappa shape index (κ3) is 5.64. The molecule has 0 heterocycles. The zero-order chi connectivity index (χ0) is 8.69. The van der Waals surface area contributed by atoms with E-state index in [2.05, 4.69) is 6.58 Å². The lowest BCUT2D eigenvalue weighted by Gasteiger charge is -2.05. The molecule has 0 bridgehead atoms. The number of esters is 1. The molecule has 64 valence electrons. The fourth-order valence-corrected chi connectivity index (χ4v) is 0.567. The highest BCUT2D eigenvalue weighted by molar-refractivity contribution is 5.71. The average Bonchev–Trinajstić information content (AvgIpc) is 1.97. The van der Waals surface area contributed by atoms with Crippen LogP contribution in [0.5, 0.6) is 0 Å². The van der Waals surface area contributed by atoms with Crippen molar-refractivity contribution in [2.75, 3.05) is 6.61 Å². The van der Waals surface area contributed by atoms with Crippen LogP contribution in [0.1, 0.15) is 26.7 Å². The van der Waals surface area contributed by atoms with Crippen LogP contribution in [0.3, 0.4) is 0 Å². The van der Waals surface area contributed by atoms with Gasteiger partial charge in [-0.1, -0.05) is 19.9 Å². The highest BCUT2D eigenvalue weighted by Gasteiger charge is 2.06. The summed E-state index contributed by atoms with van der Waals surface area (Å²) in [5.74, 6) is -0.132. The second-order valence-corrected chi connectivity index (χ2v) is 2.75. The molecule has 0 aromatic carbocycles. The van der Waals surface area contributed by atoms with E-state index in [1.165, 1.54) is 0 Å². The van der Waals surface area contributed by atoms with E-state index in [1.807, 2.05) is 19.9 Å². The van der Waals surface area contributed by atoms with Gasteiger partial charge in [-0.2, -0.15) is 0 Å². The topological polar surface area (TPSA) is 26.3 Å². The number of hydrogen-bond acceptors (Lipinski definition) is 2. The Bertz CT molecular complexity index is 128. The molecule has 0 unspecified atom stereocenters. The first kappa shape index (κ1) is 10.2. The smallest absolute Gasteiger partial charge is 0.308 e. The van der Waals surface area contributed by atoms with E-state index >= 15 is 0 Å². The molecule has 0 aliphatic carbocycles. The summed E-state index contributed by atoms with van der Waals surface area (Å²) in [4.78, 5) is 10.9. The Morgan fingerprint density at radius 3 is 2.73 bits per heavy atom. The highest BCUT2D eigenvalue weighted by atomic mass is 16.5. The van der Waals surface area contributed by atoms with Gasteiger partial charge in [0.2, 0.25) is 0 Å². The molecule has 0 aromatic rings. The van der Waals surface area contributed by atoms with Gasteiger partial charge in [-0.05, 0) is 12.8 Å². The standard InChI is InChI=1S/C9H16O2/c1-4-5-6-7-11-9(10)8(2)3/h4,8H,1,5-7H2,2-3H3. The molecule has 0 amide bonds. The summed E-state index contributed by atoms with van der Waals surface area (Å²) in [7, 11) is 0. The third-order valence-corrected chi connectivity index (χ3v) is 1.27. The van der Waals surface area contributed by atoms with Crippen molar-refractivity contribution in [2.24, 2.45) is 5.92 Å². The average molecular weight is 156 g/mol. The van der Waals surface area contributed by atoms with Gasteiger partial charge in [0.15, 0.2) is 0 Å². The van der Waals surface area contributed by atoms with Gasteiger partial charge in [0, 0.05) is 0 Å². The summed E-state index contributed by atoms with van der Waals surface area (Å²) in [6, 6.07) is 0. The highest BCUT2D eigenvalue weighted by Crippen LogP contribution is 1.97. The molecule has 0 atom stereocenters. The third-order valence-electron chi connectivity index (χ3n) is 1.27. The summed E-state index contributed by atoms with van der Waals surface area (Å²) in [6.45, 7) is 7.75. The lowest BCUT2D eigenvalue weighted by molar-refractivity contribution is -0.147. The van der Waals surface area contributed by atoms with Gasteiger partial charge in [0.1, 0.15) is 0 Å². The fourth-order valence-electron chi connectivity index (χ4n) is 0.567. The fraction of sp³-hybridized carbons (Fsp3) is 0.667. The second kappa shape index (κ2) is 5.96. The Kier molecular flexibility index (Phi) is 5.53. The van der Waals surface area contributed by atoms with Crippen molar-refractivity contribution < 1.29 is 9.53 Å². The van der Waals surface area contributed by atoms with Gasteiger partial charge in [-0.25, -0.2) is 0 Å². The molecule has 2 nitrogen and oxygen atoms in total. The van der Waals surface area contributed by atoms with Crippen LogP contribution in [0.4, 0.5) is 0 Å². The monoisotopic (exact) mass is 156 g/mol. The summed E-state index contributed by atoms with van der Waals surface area (Å²) in [5, 5.41) is 0. The second-order valence-electron chi connectivity index (χ2n) is 2.75. The molecule has 2 heteroatoms. The van der Waals surface area contributed by atoms with E-state index in [-0.39, 0.29) is 11.9 Å². The van der Waals surface area contributed by atoms with Gasteiger partial charge in [0.25, 0.3) is 0 Å². The minimum Gasteiger partial charge on any atom is -0.465 e. The lowest BCUT2D eigenvalue weighted by atomic mass is 10.2. The van der Waals surface area contributed by atoms with Crippen LogP contribution < -0.4 is 0 Å². The molecule has 0 saturated carbocycles. The van der Waals surface area contributed by atoms with Crippen molar-refractivity contribution in [3.05, 3.63) is 12.7 Å². The molecule has 0 aliphatic heterocycles. The number of unbranched alkanes of at least 4 members (excludes halogenated alkanes) is 1. The zero-order valence-corrected chi connectivity index (χ0v) is 7.30. The quantitative estimate of drug-likeness (QED) is 0.346. The summed E-state index contributed by atoms with van der Waals surface area (Å²) >= 11 is 0. The van der Waals surface area contributed by atoms with Gasteiger partial charge in [-0.15, -0.1) is 6.58 Å². The Labute approximate surface area is 68.2 Å². The molecule has 0 aliphatic rings. The van der Waals surface area contributed by atoms with Crippen molar-refractivity contribution >= 4 is 5.97 Å². The molecule has 11 heavy (non-hydrogen) atoms. The van der Waals surface area contributed by atoms with Crippen molar-refractivity contribution in [2.45, 2.75) is 26.7 Å². The molecule has 0 N–H and O–H groups in total. The summed E-state index contributed by atoms with van der Waals surface area (Å²) in [6.07, 6.45) is 3.61. The van der Waals surface area contributed by atoms with Gasteiger partial charge >= 0.3 is 5.97 Å². The van der Waals surface area contributed by atoms with Crippen LogP contribution in [-0.2, 0) is 9.53 Å². The van der Waals surface area contributed by atoms with Crippen molar-refractivity contribution in [3.63, 3.8) is 0 Å². The molecule has 0 saturated heterocycles. The van der Waals surface area contributed by atoms with Gasteiger partial charge < -0.3 is 4.74 Å². The Morgan fingerprint density at radius 1 is 1.64 bits per heavy atom. The Hall–Kier alpha value is -0.790. The number of rotatable bonds is 5. The molecule has 0 aromatic heterocycles. The maximum Gasteiger partial charge on any atom is 0.308 e. The van der Waals surface area contributed by atoms with Crippen LogP contribution in [0.2, 0.25) is 0 Å². The van der Waals surface area contributed by atoms with Gasteiger partial charge in [-0.3, -0.25) is 4.79 Å². The number of allylic oxidation sites excluding steroid dienone is 1. The minimum atomic E-state index is -0.117. The number of carbonyl (C=O) groups excluding carboxylic acids is 1. The molecule has 0 rings (SSSR count). The van der Waals surface area contributed by atoms with E-state index < -0.39 is 0 Å².